The molecule has 1 saturated carbocycles. The molecule has 41 heavy (non-hydrogen) atoms. The van der Waals surface area contributed by atoms with Crippen LogP contribution in [0.1, 0.15) is 50.2 Å². The topological polar surface area (TPSA) is 86.8 Å². The molecule has 0 spiro atoms. The summed E-state index contributed by atoms with van der Waals surface area (Å²) in [6.45, 7) is 3.25. The zero-order valence-electron chi connectivity index (χ0n) is 23.2. The molecule has 7 nitrogen and oxygen atoms in total. The Morgan fingerprint density at radius 3 is 2.32 bits per heavy atom. The van der Waals surface area contributed by atoms with Crippen LogP contribution in [0.5, 0.6) is 0 Å². The monoisotopic (exact) mass is 599 g/mol. The minimum atomic E-state index is -4.26. The summed E-state index contributed by atoms with van der Waals surface area (Å²) in [6, 6.07) is 18.0. The van der Waals surface area contributed by atoms with Gasteiger partial charge >= 0.3 is 0 Å². The van der Waals surface area contributed by atoms with Gasteiger partial charge in [-0.2, -0.15) is 0 Å². The number of hydrogen-bond acceptors (Lipinski definition) is 4. The molecule has 1 atom stereocenters. The van der Waals surface area contributed by atoms with Gasteiger partial charge in [-0.3, -0.25) is 13.9 Å². The number of benzene rings is 3. The summed E-state index contributed by atoms with van der Waals surface area (Å²) in [5.41, 5.74) is 1.82. The van der Waals surface area contributed by atoms with Crippen molar-refractivity contribution in [1.29, 1.82) is 0 Å². The quantitative estimate of drug-likeness (QED) is 0.300. The van der Waals surface area contributed by atoms with Gasteiger partial charge in [0.2, 0.25) is 11.8 Å². The zero-order chi connectivity index (χ0) is 29.6. The van der Waals surface area contributed by atoms with Gasteiger partial charge in [0.05, 0.1) is 15.6 Å². The lowest BCUT2D eigenvalue weighted by Crippen LogP contribution is -2.53. The standard InChI is InChI=1S/C31H35ClFN3O4S/c1-3-29(31(38)34-24-13-9-10-14-24)35(20-23-12-8-7-11-22(23)2)30(37)21-36(25-17-18-28(33)27(32)19-25)41(39,40)26-15-5-4-6-16-26/h4-8,11-12,15-19,24,29H,3,9-10,13-14,20-21H2,1-2H3,(H,34,38)/t29-/m0/s1. The van der Waals surface area contributed by atoms with Gasteiger partial charge in [-0.15, -0.1) is 0 Å². The Labute approximate surface area is 246 Å². The number of aryl methyl sites for hydroxylation is 1. The number of carbonyl (C=O) groups is 2. The van der Waals surface area contributed by atoms with E-state index in [2.05, 4.69) is 5.32 Å². The molecule has 1 aliphatic carbocycles. The third-order valence-corrected chi connectivity index (χ3v) is 9.57. The molecule has 0 aliphatic heterocycles. The molecule has 0 bridgehead atoms. The fraction of sp³-hybridized carbons (Fsp3) is 0.355. The fourth-order valence-corrected chi connectivity index (χ4v) is 6.75. The van der Waals surface area contributed by atoms with E-state index >= 15 is 0 Å². The maximum atomic E-state index is 14.1. The number of nitrogens with zero attached hydrogens (tertiary/aromatic N) is 2. The van der Waals surface area contributed by atoms with Crippen LogP contribution in [-0.2, 0) is 26.2 Å². The first-order valence-corrected chi connectivity index (χ1v) is 15.6. The lowest BCUT2D eigenvalue weighted by atomic mass is 10.1. The molecule has 10 heteroatoms. The molecule has 1 fully saturated rings. The van der Waals surface area contributed by atoms with Crippen molar-refractivity contribution in [3.05, 3.63) is 94.8 Å². The average Bonchev–Trinajstić information content (AvgIpc) is 3.47. The van der Waals surface area contributed by atoms with E-state index in [1.165, 1.54) is 29.2 Å². The van der Waals surface area contributed by atoms with Crippen molar-refractivity contribution in [2.24, 2.45) is 0 Å². The molecule has 0 saturated heterocycles. The minimum Gasteiger partial charge on any atom is -0.352 e. The summed E-state index contributed by atoms with van der Waals surface area (Å²) >= 11 is 6.03. The number of rotatable bonds is 11. The van der Waals surface area contributed by atoms with Crippen LogP contribution in [0.3, 0.4) is 0 Å². The van der Waals surface area contributed by atoms with E-state index in [9.17, 15) is 22.4 Å². The predicted octanol–water partition coefficient (Wildman–Crippen LogP) is 5.85. The Bertz CT molecular complexity index is 1480. The highest BCUT2D eigenvalue weighted by molar-refractivity contribution is 7.92. The van der Waals surface area contributed by atoms with Gasteiger partial charge in [0.25, 0.3) is 10.0 Å². The van der Waals surface area contributed by atoms with Gasteiger partial charge in [0, 0.05) is 12.6 Å². The van der Waals surface area contributed by atoms with E-state index in [-0.39, 0.29) is 34.1 Å². The van der Waals surface area contributed by atoms with E-state index in [1.807, 2.05) is 38.1 Å². The van der Waals surface area contributed by atoms with E-state index in [4.69, 9.17) is 11.6 Å². The van der Waals surface area contributed by atoms with Crippen LogP contribution in [0.2, 0.25) is 5.02 Å². The van der Waals surface area contributed by atoms with Crippen molar-refractivity contribution in [1.82, 2.24) is 10.2 Å². The lowest BCUT2D eigenvalue weighted by molar-refractivity contribution is -0.140. The maximum Gasteiger partial charge on any atom is 0.264 e. The van der Waals surface area contributed by atoms with E-state index in [1.54, 1.807) is 18.2 Å². The number of hydrogen-bond donors (Lipinski definition) is 1. The lowest BCUT2D eigenvalue weighted by Gasteiger charge is -2.34. The maximum absolute atomic E-state index is 14.1. The highest BCUT2D eigenvalue weighted by Crippen LogP contribution is 2.29. The number of anilines is 1. The molecule has 2 amide bonds. The smallest absolute Gasteiger partial charge is 0.264 e. The van der Waals surface area contributed by atoms with Crippen molar-refractivity contribution in [2.75, 3.05) is 10.8 Å². The first kappa shape index (κ1) is 30.5. The average molecular weight is 600 g/mol. The van der Waals surface area contributed by atoms with Crippen LogP contribution in [0, 0.1) is 12.7 Å². The summed E-state index contributed by atoms with van der Waals surface area (Å²) in [5, 5.41) is 2.82. The molecule has 0 unspecified atom stereocenters. The molecule has 0 radical (unpaired) electrons. The summed E-state index contributed by atoms with van der Waals surface area (Å²) < 4.78 is 42.6. The van der Waals surface area contributed by atoms with E-state index in [0.717, 1.165) is 47.2 Å². The molecule has 4 rings (SSSR count). The van der Waals surface area contributed by atoms with Gasteiger partial charge in [-0.1, -0.05) is 73.8 Å². The number of halogens is 2. The second-order valence-electron chi connectivity index (χ2n) is 10.3. The van der Waals surface area contributed by atoms with Gasteiger partial charge in [-0.05, 0) is 67.6 Å². The second kappa shape index (κ2) is 13.5. The molecule has 1 N–H and O–H groups in total. The summed E-state index contributed by atoms with van der Waals surface area (Å²) in [5.74, 6) is -1.54. The fourth-order valence-electron chi connectivity index (χ4n) is 5.15. The van der Waals surface area contributed by atoms with Crippen molar-refractivity contribution >= 4 is 39.1 Å². The first-order valence-electron chi connectivity index (χ1n) is 13.8. The molecule has 3 aromatic rings. The summed E-state index contributed by atoms with van der Waals surface area (Å²) in [7, 11) is -4.26. The predicted molar refractivity (Wildman–Crippen MR) is 159 cm³/mol. The Morgan fingerprint density at radius 2 is 1.68 bits per heavy atom. The Balaban J connectivity index is 1.73. The second-order valence-corrected chi connectivity index (χ2v) is 12.6. The molecule has 1 aliphatic rings. The van der Waals surface area contributed by atoms with Gasteiger partial charge in [0.1, 0.15) is 18.4 Å². The van der Waals surface area contributed by atoms with Crippen LogP contribution >= 0.6 is 11.6 Å². The Morgan fingerprint density at radius 1 is 1.02 bits per heavy atom. The third kappa shape index (κ3) is 7.26. The SMILES string of the molecule is CC[C@@H](C(=O)NC1CCCC1)N(Cc1ccccc1C)C(=O)CN(c1ccc(F)c(Cl)c1)S(=O)(=O)c1ccccc1. The van der Waals surface area contributed by atoms with Gasteiger partial charge in [0.15, 0.2) is 0 Å². The normalized spacial score (nSPS) is 14.4. The number of carbonyl (C=O) groups excluding carboxylic acids is 2. The van der Waals surface area contributed by atoms with Crippen molar-refractivity contribution in [3.8, 4) is 0 Å². The number of nitrogens with one attached hydrogen (secondary N) is 1. The molecule has 3 aromatic carbocycles. The van der Waals surface area contributed by atoms with Crippen LogP contribution in [0.15, 0.2) is 77.7 Å². The van der Waals surface area contributed by atoms with Crippen LogP contribution < -0.4 is 9.62 Å². The van der Waals surface area contributed by atoms with Crippen molar-refractivity contribution in [3.63, 3.8) is 0 Å². The van der Waals surface area contributed by atoms with E-state index < -0.39 is 34.3 Å². The van der Waals surface area contributed by atoms with E-state index in [0.29, 0.717) is 6.42 Å². The molecule has 0 heterocycles. The highest BCUT2D eigenvalue weighted by Gasteiger charge is 2.35. The molecule has 218 valence electrons. The molecular weight excluding hydrogens is 565 g/mol. The van der Waals surface area contributed by atoms with Crippen LogP contribution in [0.4, 0.5) is 10.1 Å². The summed E-state index contributed by atoms with van der Waals surface area (Å²) in [4.78, 5) is 29.1. The number of amides is 2. The Kier molecular flexibility index (Phi) is 10.0. The highest BCUT2D eigenvalue weighted by atomic mass is 35.5. The van der Waals surface area contributed by atoms with Gasteiger partial charge in [-0.25, -0.2) is 12.8 Å². The van der Waals surface area contributed by atoms with Gasteiger partial charge < -0.3 is 10.2 Å². The first-order chi connectivity index (χ1) is 19.6. The minimum absolute atomic E-state index is 0.0351. The summed E-state index contributed by atoms with van der Waals surface area (Å²) in [6.07, 6.45) is 4.20. The molecule has 0 aromatic heterocycles. The largest absolute Gasteiger partial charge is 0.352 e. The van der Waals surface area contributed by atoms with Crippen LogP contribution in [0.25, 0.3) is 0 Å². The molecular formula is C31H35ClFN3O4S. The number of sulfonamides is 1. The van der Waals surface area contributed by atoms with Crippen molar-refractivity contribution < 1.29 is 22.4 Å². The van der Waals surface area contributed by atoms with Crippen LogP contribution in [-0.4, -0.2) is 43.8 Å². The zero-order valence-corrected chi connectivity index (χ0v) is 24.8. The Hall–Kier alpha value is -3.43. The third-order valence-electron chi connectivity index (χ3n) is 7.49. The van der Waals surface area contributed by atoms with Crippen molar-refractivity contribution in [2.45, 2.75) is 69.5 Å².